The Morgan fingerprint density at radius 3 is 3.30 bits per heavy atom. The number of aromatic nitrogens is 2. The van der Waals surface area contributed by atoms with Crippen LogP contribution in [0.3, 0.4) is 0 Å². The molecule has 1 unspecified atom stereocenters. The highest BCUT2D eigenvalue weighted by molar-refractivity contribution is 7.98. The molecule has 1 aromatic heterocycles. The smallest absolute Gasteiger partial charge is 0.241 e. The largest absolute Gasteiger partial charge is 0.376 e. The molecular formula is C13H22N4O2S. The third kappa shape index (κ3) is 4.50. The molecule has 1 aliphatic heterocycles. The van der Waals surface area contributed by atoms with Crippen molar-refractivity contribution in [1.29, 1.82) is 0 Å². The lowest BCUT2D eigenvalue weighted by Gasteiger charge is -2.10. The van der Waals surface area contributed by atoms with Gasteiger partial charge in [0.1, 0.15) is 0 Å². The molecule has 2 atom stereocenters. The van der Waals surface area contributed by atoms with Crippen LogP contribution in [0, 0.1) is 0 Å². The summed E-state index contributed by atoms with van der Waals surface area (Å²) < 4.78 is 7.36. The number of hydrogen-bond acceptors (Lipinski definition) is 5. The highest BCUT2D eigenvalue weighted by atomic mass is 32.2. The van der Waals surface area contributed by atoms with Crippen LogP contribution in [0.5, 0.6) is 0 Å². The topological polar surface area (TPSA) is 82.2 Å². The van der Waals surface area contributed by atoms with E-state index in [2.05, 4.69) is 10.4 Å². The van der Waals surface area contributed by atoms with Crippen molar-refractivity contribution in [2.45, 2.75) is 38.0 Å². The van der Waals surface area contributed by atoms with Gasteiger partial charge in [0, 0.05) is 12.8 Å². The molecule has 0 aromatic carbocycles. The molecule has 0 radical (unpaired) electrons. The van der Waals surface area contributed by atoms with Crippen molar-refractivity contribution in [1.82, 2.24) is 9.78 Å². The van der Waals surface area contributed by atoms with E-state index in [0.29, 0.717) is 12.1 Å². The Kier molecular flexibility index (Phi) is 5.87. The molecule has 1 fully saturated rings. The third-order valence-corrected chi connectivity index (χ3v) is 3.93. The molecule has 20 heavy (non-hydrogen) atoms. The first-order chi connectivity index (χ1) is 9.69. The van der Waals surface area contributed by atoms with Gasteiger partial charge in [-0.15, -0.1) is 0 Å². The highest BCUT2D eigenvalue weighted by Gasteiger charge is 2.17. The first-order valence-electron chi connectivity index (χ1n) is 6.88. The van der Waals surface area contributed by atoms with Gasteiger partial charge in [0.2, 0.25) is 5.91 Å². The zero-order chi connectivity index (χ0) is 14.4. The summed E-state index contributed by atoms with van der Waals surface area (Å²) in [5.74, 6) is 0.725. The first-order valence-corrected chi connectivity index (χ1v) is 8.28. The summed E-state index contributed by atoms with van der Waals surface area (Å²) in [6, 6.07) is -0.469. The van der Waals surface area contributed by atoms with Gasteiger partial charge in [0.15, 0.2) is 0 Å². The van der Waals surface area contributed by atoms with Crippen LogP contribution in [0.4, 0.5) is 5.69 Å². The number of thioether (sulfide) groups is 1. The van der Waals surface area contributed by atoms with Crippen LogP contribution in [0.2, 0.25) is 0 Å². The number of nitrogens with one attached hydrogen (secondary N) is 1. The molecule has 7 heteroatoms. The van der Waals surface area contributed by atoms with Crippen molar-refractivity contribution >= 4 is 23.4 Å². The van der Waals surface area contributed by atoms with Crippen LogP contribution in [0.1, 0.15) is 19.3 Å². The highest BCUT2D eigenvalue weighted by Crippen LogP contribution is 2.15. The zero-order valence-corrected chi connectivity index (χ0v) is 12.6. The predicted octanol–water partition coefficient (Wildman–Crippen LogP) is 1.08. The zero-order valence-electron chi connectivity index (χ0n) is 11.7. The van der Waals surface area contributed by atoms with Crippen LogP contribution in [0.15, 0.2) is 12.4 Å². The first kappa shape index (κ1) is 15.3. The van der Waals surface area contributed by atoms with Crippen LogP contribution in [-0.2, 0) is 16.1 Å². The molecule has 0 bridgehead atoms. The summed E-state index contributed by atoms with van der Waals surface area (Å²) in [5.41, 5.74) is 6.50. The standard InChI is InChI=1S/C13H22N4O2S/c1-20-6-4-12(14)13(18)16-10-7-15-17(8-10)9-11-3-2-5-19-11/h7-8,11-12H,2-6,9,14H2,1H3,(H,16,18)/t11?,12-/m0/s1. The van der Waals surface area contributed by atoms with Gasteiger partial charge in [-0.25, -0.2) is 0 Å². The van der Waals surface area contributed by atoms with E-state index in [1.165, 1.54) is 0 Å². The summed E-state index contributed by atoms with van der Waals surface area (Å²) in [6.45, 7) is 1.56. The van der Waals surface area contributed by atoms with Gasteiger partial charge in [0.25, 0.3) is 0 Å². The number of amides is 1. The average molecular weight is 298 g/mol. The van der Waals surface area contributed by atoms with Crippen LogP contribution in [0.25, 0.3) is 0 Å². The van der Waals surface area contributed by atoms with E-state index >= 15 is 0 Å². The Labute approximate surface area is 123 Å². The maximum absolute atomic E-state index is 11.9. The Bertz CT molecular complexity index is 432. The number of hydrogen-bond donors (Lipinski definition) is 2. The molecule has 3 N–H and O–H groups in total. The molecule has 0 saturated carbocycles. The summed E-state index contributed by atoms with van der Waals surface area (Å²) in [5, 5.41) is 7.03. The summed E-state index contributed by atoms with van der Waals surface area (Å²) in [6.07, 6.45) is 8.56. The van der Waals surface area contributed by atoms with Gasteiger partial charge in [-0.1, -0.05) is 0 Å². The number of rotatable bonds is 7. The Morgan fingerprint density at radius 1 is 1.75 bits per heavy atom. The molecule has 112 valence electrons. The molecule has 0 spiro atoms. The second kappa shape index (κ2) is 7.66. The number of carbonyl (C=O) groups is 1. The lowest BCUT2D eigenvalue weighted by molar-refractivity contribution is -0.117. The predicted molar refractivity (Wildman–Crippen MR) is 80.8 cm³/mol. The van der Waals surface area contributed by atoms with E-state index in [1.807, 2.05) is 12.5 Å². The van der Waals surface area contributed by atoms with Crippen molar-refractivity contribution in [3.8, 4) is 0 Å². The maximum atomic E-state index is 11.9. The number of nitrogens with zero attached hydrogens (tertiary/aromatic N) is 2. The van der Waals surface area contributed by atoms with Crippen molar-refractivity contribution in [3.63, 3.8) is 0 Å². The van der Waals surface area contributed by atoms with Gasteiger partial charge < -0.3 is 15.8 Å². The monoisotopic (exact) mass is 298 g/mol. The van der Waals surface area contributed by atoms with Crippen molar-refractivity contribution < 1.29 is 9.53 Å². The van der Waals surface area contributed by atoms with Gasteiger partial charge in [-0.05, 0) is 31.3 Å². The normalized spacial score (nSPS) is 20.0. The molecule has 1 amide bonds. The molecule has 1 saturated heterocycles. The molecular weight excluding hydrogens is 276 g/mol. The van der Waals surface area contributed by atoms with E-state index in [0.717, 1.165) is 31.7 Å². The minimum Gasteiger partial charge on any atom is -0.376 e. The molecule has 2 heterocycles. The summed E-state index contributed by atoms with van der Waals surface area (Å²) in [4.78, 5) is 11.9. The second-order valence-electron chi connectivity index (χ2n) is 4.96. The van der Waals surface area contributed by atoms with Gasteiger partial charge in [-0.2, -0.15) is 16.9 Å². The number of anilines is 1. The fourth-order valence-electron chi connectivity index (χ4n) is 2.14. The summed E-state index contributed by atoms with van der Waals surface area (Å²) >= 11 is 1.69. The van der Waals surface area contributed by atoms with Crippen LogP contribution >= 0.6 is 11.8 Å². The number of carbonyl (C=O) groups excluding carboxylic acids is 1. The quantitative estimate of drug-likeness (QED) is 0.787. The maximum Gasteiger partial charge on any atom is 0.241 e. The molecule has 1 aromatic rings. The second-order valence-corrected chi connectivity index (χ2v) is 5.95. The van der Waals surface area contributed by atoms with E-state index in [-0.39, 0.29) is 12.0 Å². The van der Waals surface area contributed by atoms with E-state index in [9.17, 15) is 4.79 Å². The molecule has 6 nitrogen and oxygen atoms in total. The number of nitrogens with two attached hydrogens (primary N) is 1. The van der Waals surface area contributed by atoms with Crippen LogP contribution < -0.4 is 11.1 Å². The Hall–Kier alpha value is -1.05. The van der Waals surface area contributed by atoms with Crippen molar-refractivity contribution in [2.75, 3.05) is 23.9 Å². The lowest BCUT2D eigenvalue weighted by Crippen LogP contribution is -2.35. The fraction of sp³-hybridized carbons (Fsp3) is 0.692. The van der Waals surface area contributed by atoms with E-state index in [1.54, 1.807) is 22.6 Å². The number of ether oxygens (including phenoxy) is 1. The Balaban J connectivity index is 1.80. The third-order valence-electron chi connectivity index (χ3n) is 3.29. The molecule has 2 rings (SSSR count). The van der Waals surface area contributed by atoms with Crippen molar-refractivity contribution in [3.05, 3.63) is 12.4 Å². The lowest BCUT2D eigenvalue weighted by atomic mass is 10.2. The Morgan fingerprint density at radius 2 is 2.60 bits per heavy atom. The van der Waals surface area contributed by atoms with E-state index < -0.39 is 6.04 Å². The van der Waals surface area contributed by atoms with Crippen LogP contribution in [-0.4, -0.2) is 46.4 Å². The molecule has 1 aliphatic rings. The fourth-order valence-corrected chi connectivity index (χ4v) is 2.63. The minimum atomic E-state index is -0.469. The molecule has 0 aliphatic carbocycles. The van der Waals surface area contributed by atoms with Gasteiger partial charge in [-0.3, -0.25) is 9.48 Å². The summed E-state index contributed by atoms with van der Waals surface area (Å²) in [7, 11) is 0. The van der Waals surface area contributed by atoms with Gasteiger partial charge in [0.05, 0.1) is 30.6 Å². The minimum absolute atomic E-state index is 0.157. The van der Waals surface area contributed by atoms with Gasteiger partial charge >= 0.3 is 0 Å². The SMILES string of the molecule is CSCC[C@H](N)C(=O)Nc1cnn(CC2CCCO2)c1. The van der Waals surface area contributed by atoms with Crippen molar-refractivity contribution in [2.24, 2.45) is 5.73 Å². The average Bonchev–Trinajstić information content (AvgIpc) is 3.08. The van der Waals surface area contributed by atoms with E-state index in [4.69, 9.17) is 10.5 Å².